The van der Waals surface area contributed by atoms with Crippen molar-refractivity contribution in [2.75, 3.05) is 10.7 Å². The summed E-state index contributed by atoms with van der Waals surface area (Å²) < 4.78 is 0.942. The molecule has 0 aliphatic rings. The van der Waals surface area contributed by atoms with Crippen molar-refractivity contribution in [3.63, 3.8) is 0 Å². The molecule has 0 atom stereocenters. The van der Waals surface area contributed by atoms with E-state index in [0.717, 1.165) is 22.1 Å². The highest BCUT2D eigenvalue weighted by atomic mass is 32.1. The number of rotatable bonds is 6. The SMILES string of the molecule is Cc1ccc2nc(Nc3ncnc(NNC(=O)c4ccncc4)c3[N+](=O)[O-])sc2c1. The zero-order valence-corrected chi connectivity index (χ0v) is 16.3. The minimum Gasteiger partial charge on any atom is -0.310 e. The molecule has 3 heterocycles. The standard InChI is InChI=1S/C18H14N8O3S/c1-10-2-3-12-13(8-10)30-18(22-12)23-15-14(26(28)29)16(21-9-20-15)24-25-17(27)11-4-6-19-7-5-11/h2-9H,1H3,(H,25,27)(H2,20,21,22,23,24). The zero-order chi connectivity index (χ0) is 21.1. The summed E-state index contributed by atoms with van der Waals surface area (Å²) in [6, 6.07) is 8.81. The number of fused-ring (bicyclic) bond motifs is 1. The molecule has 0 aliphatic carbocycles. The Morgan fingerprint density at radius 3 is 2.67 bits per heavy atom. The van der Waals surface area contributed by atoms with Gasteiger partial charge in [-0.15, -0.1) is 0 Å². The van der Waals surface area contributed by atoms with E-state index in [9.17, 15) is 14.9 Å². The lowest BCUT2D eigenvalue weighted by molar-refractivity contribution is -0.383. The Bertz CT molecular complexity index is 1240. The largest absolute Gasteiger partial charge is 0.355 e. The minimum absolute atomic E-state index is 0.0496. The molecule has 1 aromatic carbocycles. The molecular weight excluding hydrogens is 408 g/mol. The van der Waals surface area contributed by atoms with Crippen LogP contribution in [0, 0.1) is 17.0 Å². The van der Waals surface area contributed by atoms with E-state index in [2.05, 4.69) is 36.1 Å². The number of hydrazine groups is 1. The highest BCUT2D eigenvalue weighted by molar-refractivity contribution is 7.22. The molecule has 4 aromatic rings. The second kappa shape index (κ2) is 8.05. The monoisotopic (exact) mass is 422 g/mol. The van der Waals surface area contributed by atoms with Crippen LogP contribution < -0.4 is 16.2 Å². The second-order valence-electron chi connectivity index (χ2n) is 6.11. The third-order valence-electron chi connectivity index (χ3n) is 4.01. The van der Waals surface area contributed by atoms with Crippen LogP contribution in [0.25, 0.3) is 10.2 Å². The van der Waals surface area contributed by atoms with Crippen molar-refractivity contribution in [1.29, 1.82) is 0 Å². The number of anilines is 3. The molecule has 30 heavy (non-hydrogen) atoms. The summed E-state index contributed by atoms with van der Waals surface area (Å²) in [7, 11) is 0. The summed E-state index contributed by atoms with van der Waals surface area (Å²) in [4.78, 5) is 39.3. The van der Waals surface area contributed by atoms with Gasteiger partial charge in [0.05, 0.1) is 15.1 Å². The third kappa shape index (κ3) is 3.98. The topological polar surface area (TPSA) is 148 Å². The lowest BCUT2D eigenvalue weighted by atomic mass is 10.2. The lowest BCUT2D eigenvalue weighted by Crippen LogP contribution is -2.30. The molecule has 0 saturated carbocycles. The van der Waals surface area contributed by atoms with Crippen molar-refractivity contribution in [2.24, 2.45) is 0 Å². The lowest BCUT2D eigenvalue weighted by Gasteiger charge is -2.09. The molecule has 0 radical (unpaired) electrons. The first kappa shape index (κ1) is 19.1. The summed E-state index contributed by atoms with van der Waals surface area (Å²) in [5, 5.41) is 15.0. The predicted octanol–water partition coefficient (Wildman–Crippen LogP) is 3.20. The van der Waals surface area contributed by atoms with Crippen LogP contribution in [0.1, 0.15) is 15.9 Å². The van der Waals surface area contributed by atoms with Gasteiger partial charge in [-0.3, -0.25) is 30.7 Å². The maximum atomic E-state index is 12.2. The Kier molecular flexibility index (Phi) is 5.13. The summed E-state index contributed by atoms with van der Waals surface area (Å²) in [6.45, 7) is 1.97. The van der Waals surface area contributed by atoms with Crippen LogP contribution in [0.3, 0.4) is 0 Å². The summed E-state index contributed by atoms with van der Waals surface area (Å²) >= 11 is 1.35. The van der Waals surface area contributed by atoms with Crippen LogP contribution >= 0.6 is 11.3 Å². The predicted molar refractivity (Wildman–Crippen MR) is 112 cm³/mol. The molecule has 0 aliphatic heterocycles. The third-order valence-corrected chi connectivity index (χ3v) is 4.94. The van der Waals surface area contributed by atoms with E-state index in [1.807, 2.05) is 25.1 Å². The highest BCUT2D eigenvalue weighted by Gasteiger charge is 2.24. The molecular formula is C18H14N8O3S. The van der Waals surface area contributed by atoms with E-state index in [1.54, 1.807) is 0 Å². The van der Waals surface area contributed by atoms with Gasteiger partial charge in [-0.25, -0.2) is 15.0 Å². The minimum atomic E-state index is -0.638. The van der Waals surface area contributed by atoms with Gasteiger partial charge < -0.3 is 5.32 Å². The maximum Gasteiger partial charge on any atom is 0.355 e. The Hall–Kier alpha value is -4.19. The van der Waals surface area contributed by atoms with Crippen LogP contribution in [-0.2, 0) is 0 Å². The van der Waals surface area contributed by atoms with E-state index in [-0.39, 0.29) is 11.6 Å². The first-order valence-electron chi connectivity index (χ1n) is 8.61. The molecule has 4 rings (SSSR count). The van der Waals surface area contributed by atoms with Crippen LogP contribution in [-0.4, -0.2) is 30.8 Å². The van der Waals surface area contributed by atoms with Gasteiger partial charge in [-0.05, 0) is 36.8 Å². The van der Waals surface area contributed by atoms with Gasteiger partial charge in [0.1, 0.15) is 6.33 Å². The molecule has 0 spiro atoms. The Morgan fingerprint density at radius 2 is 1.90 bits per heavy atom. The first-order valence-corrected chi connectivity index (χ1v) is 9.43. The Morgan fingerprint density at radius 1 is 1.13 bits per heavy atom. The van der Waals surface area contributed by atoms with E-state index in [4.69, 9.17) is 0 Å². The fourth-order valence-electron chi connectivity index (χ4n) is 2.61. The van der Waals surface area contributed by atoms with E-state index >= 15 is 0 Å². The molecule has 12 heteroatoms. The molecule has 0 fully saturated rings. The number of aromatic nitrogens is 4. The Balaban J connectivity index is 1.59. The molecule has 11 nitrogen and oxygen atoms in total. The summed E-state index contributed by atoms with van der Waals surface area (Å²) in [5.41, 5.74) is 6.62. The van der Waals surface area contributed by atoms with Gasteiger partial charge in [0.25, 0.3) is 5.91 Å². The van der Waals surface area contributed by atoms with Crippen molar-refractivity contribution in [3.8, 4) is 0 Å². The molecule has 150 valence electrons. The number of thiazole rings is 1. The number of nitro groups is 1. The van der Waals surface area contributed by atoms with Crippen LogP contribution in [0.4, 0.5) is 22.5 Å². The number of pyridine rings is 1. The second-order valence-corrected chi connectivity index (χ2v) is 7.14. The van der Waals surface area contributed by atoms with Gasteiger partial charge in [0.2, 0.25) is 11.6 Å². The van der Waals surface area contributed by atoms with E-state index < -0.39 is 16.5 Å². The molecule has 3 N–H and O–H groups in total. The average Bonchev–Trinajstić information content (AvgIpc) is 3.13. The number of aryl methyl sites for hydroxylation is 1. The molecule has 0 unspecified atom stereocenters. The van der Waals surface area contributed by atoms with Crippen molar-refractivity contribution in [1.82, 2.24) is 25.4 Å². The van der Waals surface area contributed by atoms with Gasteiger partial charge in [-0.2, -0.15) is 0 Å². The number of carbonyl (C=O) groups excluding carboxylic acids is 1. The van der Waals surface area contributed by atoms with Gasteiger partial charge >= 0.3 is 5.69 Å². The zero-order valence-electron chi connectivity index (χ0n) is 15.5. The number of hydrogen-bond acceptors (Lipinski definition) is 10. The van der Waals surface area contributed by atoms with Crippen molar-refractivity contribution < 1.29 is 9.72 Å². The van der Waals surface area contributed by atoms with Gasteiger partial charge in [-0.1, -0.05) is 17.4 Å². The number of nitrogens with zero attached hydrogens (tertiary/aromatic N) is 5. The smallest absolute Gasteiger partial charge is 0.310 e. The van der Waals surface area contributed by atoms with Crippen molar-refractivity contribution >= 4 is 49.9 Å². The fraction of sp³-hybridized carbons (Fsp3) is 0.0556. The van der Waals surface area contributed by atoms with Crippen LogP contribution in [0.2, 0.25) is 0 Å². The molecule has 0 saturated heterocycles. The fourth-order valence-corrected chi connectivity index (χ4v) is 3.58. The van der Waals surface area contributed by atoms with Crippen LogP contribution in [0.15, 0.2) is 49.1 Å². The summed E-state index contributed by atoms with van der Waals surface area (Å²) in [6.07, 6.45) is 4.07. The van der Waals surface area contributed by atoms with Crippen molar-refractivity contribution in [3.05, 3.63) is 70.3 Å². The van der Waals surface area contributed by atoms with Crippen LogP contribution in [0.5, 0.6) is 0 Å². The number of hydrogen-bond donors (Lipinski definition) is 3. The van der Waals surface area contributed by atoms with Gasteiger partial charge in [0.15, 0.2) is 5.13 Å². The normalized spacial score (nSPS) is 10.6. The number of nitrogens with one attached hydrogen (secondary N) is 3. The molecule has 1 amide bonds. The van der Waals surface area contributed by atoms with E-state index in [1.165, 1.54) is 35.9 Å². The maximum absolute atomic E-state index is 12.2. The number of amides is 1. The van der Waals surface area contributed by atoms with Gasteiger partial charge in [0, 0.05) is 18.0 Å². The number of benzene rings is 1. The number of carbonyl (C=O) groups is 1. The average molecular weight is 422 g/mol. The summed E-state index contributed by atoms with van der Waals surface area (Å²) in [5.74, 6) is -0.718. The molecule has 3 aromatic heterocycles. The first-order chi connectivity index (χ1) is 14.5. The van der Waals surface area contributed by atoms with E-state index in [0.29, 0.717) is 10.7 Å². The Labute approximate surface area is 173 Å². The highest BCUT2D eigenvalue weighted by Crippen LogP contribution is 2.34. The van der Waals surface area contributed by atoms with Crippen molar-refractivity contribution in [2.45, 2.75) is 6.92 Å². The molecule has 0 bridgehead atoms. The quantitative estimate of drug-likeness (QED) is 0.314.